The molecular formula is C40H72NO8+. The second-order valence-electron chi connectivity index (χ2n) is 13.9. The second kappa shape index (κ2) is 32.7. The Morgan fingerprint density at radius 2 is 1.16 bits per heavy atom. The molecule has 0 aliphatic carbocycles. The van der Waals surface area contributed by atoms with E-state index >= 15 is 0 Å². The Kier molecular flexibility index (Phi) is 31.0. The van der Waals surface area contributed by atoms with Gasteiger partial charge in [0.2, 0.25) is 0 Å². The van der Waals surface area contributed by atoms with Crippen LogP contribution in [0.25, 0.3) is 0 Å². The minimum Gasteiger partial charge on any atom is -0.477 e. The van der Waals surface area contributed by atoms with Gasteiger partial charge in [-0.05, 0) is 44.9 Å². The molecule has 0 rings (SSSR count). The zero-order valence-electron chi connectivity index (χ0n) is 31.8. The molecule has 284 valence electrons. The van der Waals surface area contributed by atoms with E-state index in [-0.39, 0.29) is 32.2 Å². The van der Waals surface area contributed by atoms with Crippen molar-refractivity contribution in [2.45, 2.75) is 155 Å². The molecule has 2 atom stereocenters. The first-order valence-electron chi connectivity index (χ1n) is 19.2. The number of nitrogens with zero attached hydrogens (tertiary/aromatic N) is 1. The Labute approximate surface area is 299 Å². The van der Waals surface area contributed by atoms with Gasteiger partial charge in [-0.1, -0.05) is 121 Å². The molecule has 2 unspecified atom stereocenters. The monoisotopic (exact) mass is 695 g/mol. The van der Waals surface area contributed by atoms with Crippen molar-refractivity contribution < 1.29 is 42.9 Å². The van der Waals surface area contributed by atoms with Crippen molar-refractivity contribution in [1.29, 1.82) is 0 Å². The molecule has 0 heterocycles. The Hall–Kier alpha value is -2.49. The highest BCUT2D eigenvalue weighted by molar-refractivity contribution is 5.71. The molecule has 0 bridgehead atoms. The molecule has 0 saturated heterocycles. The Morgan fingerprint density at radius 1 is 0.633 bits per heavy atom. The summed E-state index contributed by atoms with van der Waals surface area (Å²) in [7, 11) is 5.93. The summed E-state index contributed by atoms with van der Waals surface area (Å²) in [4.78, 5) is 36.7. The summed E-state index contributed by atoms with van der Waals surface area (Å²) in [6.07, 6.45) is 30.8. The fourth-order valence-electron chi connectivity index (χ4n) is 4.91. The third-order valence-corrected chi connectivity index (χ3v) is 7.91. The number of quaternary nitrogens is 1. The number of carboxylic acids is 1. The number of likely N-dealkylation sites (N-methyl/N-ethyl adjacent to an activating group) is 1. The summed E-state index contributed by atoms with van der Waals surface area (Å²) in [5.41, 5.74) is 0. The average molecular weight is 695 g/mol. The fourth-order valence-corrected chi connectivity index (χ4v) is 4.91. The molecule has 49 heavy (non-hydrogen) atoms. The van der Waals surface area contributed by atoms with Crippen LogP contribution in [0.5, 0.6) is 0 Å². The highest BCUT2D eigenvalue weighted by atomic mass is 16.7. The van der Waals surface area contributed by atoms with Crippen molar-refractivity contribution in [3.05, 3.63) is 36.5 Å². The molecule has 9 heteroatoms. The molecule has 0 saturated carbocycles. The van der Waals surface area contributed by atoms with E-state index in [0.29, 0.717) is 23.9 Å². The van der Waals surface area contributed by atoms with E-state index in [1.54, 1.807) is 0 Å². The van der Waals surface area contributed by atoms with Gasteiger partial charge in [-0.2, -0.15) is 0 Å². The lowest BCUT2D eigenvalue weighted by Gasteiger charge is -2.25. The quantitative estimate of drug-likeness (QED) is 0.0234. The zero-order valence-corrected chi connectivity index (χ0v) is 31.8. The number of hydrogen-bond acceptors (Lipinski definition) is 7. The third-order valence-electron chi connectivity index (χ3n) is 7.91. The summed E-state index contributed by atoms with van der Waals surface area (Å²) in [6.45, 7) is 4.67. The molecule has 0 fully saturated rings. The molecule has 0 radical (unpaired) electrons. The highest BCUT2D eigenvalue weighted by Gasteiger charge is 2.25. The molecule has 0 spiro atoms. The first-order chi connectivity index (χ1) is 23.6. The van der Waals surface area contributed by atoms with Gasteiger partial charge in [-0.25, -0.2) is 4.79 Å². The number of esters is 2. The van der Waals surface area contributed by atoms with E-state index in [9.17, 15) is 19.5 Å². The lowest BCUT2D eigenvalue weighted by molar-refractivity contribution is -0.870. The van der Waals surface area contributed by atoms with Gasteiger partial charge in [0.05, 0.1) is 34.4 Å². The first kappa shape index (κ1) is 46.5. The van der Waals surface area contributed by atoms with Gasteiger partial charge in [-0.3, -0.25) is 9.59 Å². The smallest absolute Gasteiger partial charge is 0.361 e. The van der Waals surface area contributed by atoms with E-state index < -0.39 is 24.3 Å². The summed E-state index contributed by atoms with van der Waals surface area (Å²) >= 11 is 0. The molecular weight excluding hydrogens is 622 g/mol. The van der Waals surface area contributed by atoms with Crippen LogP contribution in [0.1, 0.15) is 142 Å². The second-order valence-corrected chi connectivity index (χ2v) is 13.9. The normalized spacial score (nSPS) is 13.4. The number of ether oxygens (including phenoxy) is 4. The topological polar surface area (TPSA) is 108 Å². The summed E-state index contributed by atoms with van der Waals surface area (Å²) in [5.74, 6) is -2.03. The van der Waals surface area contributed by atoms with Gasteiger partial charge >= 0.3 is 17.9 Å². The van der Waals surface area contributed by atoms with Crippen molar-refractivity contribution in [3.63, 3.8) is 0 Å². The van der Waals surface area contributed by atoms with Crippen molar-refractivity contribution in [3.8, 4) is 0 Å². The van der Waals surface area contributed by atoms with E-state index in [1.807, 2.05) is 21.1 Å². The van der Waals surface area contributed by atoms with Crippen molar-refractivity contribution in [2.24, 2.45) is 0 Å². The summed E-state index contributed by atoms with van der Waals surface area (Å²) in [5, 5.41) is 9.56. The molecule has 0 aromatic carbocycles. The molecule has 0 aromatic heterocycles. The molecule has 0 aromatic rings. The van der Waals surface area contributed by atoms with Crippen molar-refractivity contribution >= 4 is 17.9 Å². The lowest BCUT2D eigenvalue weighted by Crippen LogP contribution is -2.40. The largest absolute Gasteiger partial charge is 0.477 e. The van der Waals surface area contributed by atoms with E-state index in [0.717, 1.165) is 64.2 Å². The van der Waals surface area contributed by atoms with Gasteiger partial charge in [0, 0.05) is 12.8 Å². The van der Waals surface area contributed by atoms with Crippen molar-refractivity contribution in [1.82, 2.24) is 0 Å². The van der Waals surface area contributed by atoms with Gasteiger partial charge in [0.15, 0.2) is 6.10 Å². The molecule has 0 aliphatic heterocycles. The van der Waals surface area contributed by atoms with E-state index in [1.165, 1.54) is 44.9 Å². The maximum atomic E-state index is 12.7. The van der Waals surface area contributed by atoms with E-state index in [4.69, 9.17) is 18.9 Å². The maximum Gasteiger partial charge on any atom is 0.361 e. The standard InChI is InChI=1S/C40H71NO8/c1-6-8-10-12-14-15-16-17-18-19-20-21-22-23-25-27-29-31-38(43)49-36(34-47-37(42)30-28-26-24-13-11-9-7-2)35-48-40(39(44)45)46-33-32-41(3,4)5/h8,10,14-15,17-18,36,40H,6-7,9,11-13,16,19-35H2,1-5H3/p+1/b10-8-,15-14-,18-17-. The van der Waals surface area contributed by atoms with Crippen molar-refractivity contribution in [2.75, 3.05) is 47.5 Å². The molecule has 1 N–H and O–H groups in total. The lowest BCUT2D eigenvalue weighted by atomic mass is 10.1. The zero-order chi connectivity index (χ0) is 36.4. The number of carbonyl (C=O) groups is 3. The minimum absolute atomic E-state index is 0.185. The fraction of sp³-hybridized carbons (Fsp3) is 0.775. The highest BCUT2D eigenvalue weighted by Crippen LogP contribution is 2.13. The van der Waals surface area contributed by atoms with Crippen LogP contribution < -0.4 is 0 Å². The minimum atomic E-state index is -1.51. The van der Waals surface area contributed by atoms with E-state index in [2.05, 4.69) is 50.3 Å². The summed E-state index contributed by atoms with van der Waals surface area (Å²) < 4.78 is 22.5. The maximum absolute atomic E-state index is 12.7. The molecule has 0 aliphatic rings. The predicted octanol–water partition coefficient (Wildman–Crippen LogP) is 9.10. The average Bonchev–Trinajstić information content (AvgIpc) is 3.05. The number of rotatable bonds is 34. The van der Waals surface area contributed by atoms with Crippen LogP contribution in [-0.2, 0) is 33.3 Å². The van der Waals surface area contributed by atoms with Crippen LogP contribution >= 0.6 is 0 Å². The van der Waals surface area contributed by atoms with Crippen LogP contribution in [0.4, 0.5) is 0 Å². The van der Waals surface area contributed by atoms with Crippen LogP contribution in [0.3, 0.4) is 0 Å². The van der Waals surface area contributed by atoms with Crippen LogP contribution in [0, 0.1) is 0 Å². The van der Waals surface area contributed by atoms with Gasteiger partial charge in [-0.15, -0.1) is 0 Å². The van der Waals surface area contributed by atoms with Gasteiger partial charge in [0.25, 0.3) is 6.29 Å². The number of aliphatic carboxylic acids is 1. The van der Waals surface area contributed by atoms with Crippen LogP contribution in [0.15, 0.2) is 36.5 Å². The van der Waals surface area contributed by atoms with Crippen LogP contribution in [-0.4, -0.2) is 87.4 Å². The number of allylic oxidation sites excluding steroid dienone is 6. The Balaban J connectivity index is 4.47. The van der Waals surface area contributed by atoms with Crippen LogP contribution in [0.2, 0.25) is 0 Å². The Bertz CT molecular complexity index is 908. The SMILES string of the molecule is CC/C=C\C/C=C\C/C=C\CCCCCCCCCC(=O)OC(COC(=O)CCCCCCCCC)COC(OCC[N+](C)(C)C)C(=O)O. The number of carboxylic acid groups (broad SMARTS) is 1. The Morgan fingerprint density at radius 3 is 1.73 bits per heavy atom. The van der Waals surface area contributed by atoms with Gasteiger partial charge < -0.3 is 28.5 Å². The first-order valence-corrected chi connectivity index (χ1v) is 19.2. The number of unbranched alkanes of at least 4 members (excludes halogenated alkanes) is 13. The summed E-state index contributed by atoms with van der Waals surface area (Å²) in [6, 6.07) is 0. The molecule has 9 nitrogen and oxygen atoms in total. The third kappa shape index (κ3) is 33.8. The number of carbonyl (C=O) groups excluding carboxylic acids is 2. The van der Waals surface area contributed by atoms with Gasteiger partial charge in [0.1, 0.15) is 13.2 Å². The molecule has 0 amide bonds. The number of hydrogen-bond donors (Lipinski definition) is 1. The predicted molar refractivity (Wildman–Crippen MR) is 198 cm³/mol.